The average Bonchev–Trinajstić information content (AvgIpc) is 2.68. The van der Waals surface area contributed by atoms with Crippen LogP contribution in [0.2, 0.25) is 0 Å². The Kier molecular flexibility index (Phi) is 9.74. The molecule has 1 aromatic rings. The number of ether oxygens (including phenoxy) is 5. The van der Waals surface area contributed by atoms with Crippen LogP contribution in [-0.4, -0.2) is 71.5 Å². The van der Waals surface area contributed by atoms with Gasteiger partial charge in [-0.15, -0.1) is 0 Å². The molecule has 0 atom stereocenters. The molecule has 0 fully saturated rings. The van der Waals surface area contributed by atoms with Gasteiger partial charge in [-0.05, 0) is 30.7 Å². The van der Waals surface area contributed by atoms with Crippen molar-refractivity contribution in [2.75, 3.05) is 54.7 Å². The van der Waals surface area contributed by atoms with Crippen LogP contribution in [-0.2, 0) is 19.1 Å². The predicted octanol–water partition coefficient (Wildman–Crippen LogP) is 1.76. The first kappa shape index (κ1) is 22.3. The number of carbonyl (C=O) groups is 2. The minimum absolute atomic E-state index is 0.143. The van der Waals surface area contributed by atoms with Gasteiger partial charge in [0, 0.05) is 19.7 Å². The molecule has 0 aromatic heterocycles. The van der Waals surface area contributed by atoms with E-state index >= 15 is 0 Å². The number of amides is 1. The highest BCUT2D eigenvalue weighted by molar-refractivity contribution is 5.94. The summed E-state index contributed by atoms with van der Waals surface area (Å²) < 4.78 is 25.8. The molecule has 0 saturated carbocycles. The van der Waals surface area contributed by atoms with Crippen LogP contribution in [0, 0.1) is 0 Å². The fourth-order valence-electron chi connectivity index (χ4n) is 2.30. The van der Waals surface area contributed by atoms with Gasteiger partial charge in [0.15, 0.2) is 11.5 Å². The van der Waals surface area contributed by atoms with Gasteiger partial charge in [-0.25, -0.2) is 0 Å². The summed E-state index contributed by atoms with van der Waals surface area (Å²) in [4.78, 5) is 25.5. The van der Waals surface area contributed by atoms with Crippen molar-refractivity contribution in [2.45, 2.75) is 6.92 Å². The number of benzene rings is 1. The number of rotatable bonds is 11. The molecule has 8 heteroatoms. The fraction of sp³-hybridized carbons (Fsp3) is 0.474. The largest absolute Gasteiger partial charge is 0.493 e. The Bertz CT molecular complexity index is 632. The first-order valence-corrected chi connectivity index (χ1v) is 8.42. The topological polar surface area (TPSA) is 83.5 Å². The van der Waals surface area contributed by atoms with Crippen molar-refractivity contribution in [3.8, 4) is 17.2 Å². The van der Waals surface area contributed by atoms with Crippen LogP contribution in [0.3, 0.4) is 0 Å². The minimum Gasteiger partial charge on any atom is -0.493 e. The van der Waals surface area contributed by atoms with Gasteiger partial charge in [-0.2, -0.15) is 0 Å². The van der Waals surface area contributed by atoms with E-state index in [0.29, 0.717) is 29.4 Å². The molecule has 0 heterocycles. The maximum atomic E-state index is 12.5. The highest BCUT2D eigenvalue weighted by Crippen LogP contribution is 2.38. The second-order valence-electron chi connectivity index (χ2n) is 5.35. The van der Waals surface area contributed by atoms with Gasteiger partial charge in [0.1, 0.15) is 6.54 Å². The second kappa shape index (κ2) is 11.8. The first-order valence-electron chi connectivity index (χ1n) is 8.42. The van der Waals surface area contributed by atoms with Crippen LogP contribution >= 0.6 is 0 Å². The smallest absolute Gasteiger partial charge is 0.325 e. The third-order valence-corrected chi connectivity index (χ3v) is 3.61. The average molecular weight is 381 g/mol. The van der Waals surface area contributed by atoms with Crippen molar-refractivity contribution in [1.82, 2.24) is 4.90 Å². The maximum Gasteiger partial charge on any atom is 0.325 e. The lowest BCUT2D eigenvalue weighted by Gasteiger charge is -2.19. The lowest BCUT2D eigenvalue weighted by molar-refractivity contribution is -0.148. The molecule has 150 valence electrons. The Hall–Kier alpha value is -2.74. The molecule has 0 aliphatic carbocycles. The first-order chi connectivity index (χ1) is 13.0. The molecule has 0 aliphatic heterocycles. The van der Waals surface area contributed by atoms with Crippen LogP contribution in [0.15, 0.2) is 18.2 Å². The summed E-state index contributed by atoms with van der Waals surface area (Å²) in [6.07, 6.45) is 2.98. The van der Waals surface area contributed by atoms with Gasteiger partial charge < -0.3 is 28.6 Å². The van der Waals surface area contributed by atoms with Gasteiger partial charge in [-0.1, -0.05) is 0 Å². The lowest BCUT2D eigenvalue weighted by atomic mass is 10.1. The molecule has 1 amide bonds. The van der Waals surface area contributed by atoms with Crippen molar-refractivity contribution < 1.29 is 33.3 Å². The third-order valence-electron chi connectivity index (χ3n) is 3.61. The standard InChI is InChI=1S/C19H27NO7/c1-6-27-18(22)13-20(9-10-23-2)17(21)8-7-14-11-15(24-3)19(26-5)16(12-14)25-4/h7-8,11-12H,6,9-10,13H2,1-5H3/b8-7+. The molecule has 1 rings (SSSR count). The van der Waals surface area contributed by atoms with Crippen LogP contribution in [0.5, 0.6) is 17.2 Å². The van der Waals surface area contributed by atoms with Crippen LogP contribution in [0.4, 0.5) is 0 Å². The molecule has 0 saturated heterocycles. The highest BCUT2D eigenvalue weighted by atomic mass is 16.5. The summed E-state index contributed by atoms with van der Waals surface area (Å²) in [6, 6.07) is 3.44. The Morgan fingerprint density at radius 3 is 2.15 bits per heavy atom. The molecular weight excluding hydrogens is 354 g/mol. The Balaban J connectivity index is 2.99. The van der Waals surface area contributed by atoms with Crippen molar-refractivity contribution >= 4 is 18.0 Å². The number of hydrogen-bond acceptors (Lipinski definition) is 7. The number of esters is 1. The monoisotopic (exact) mass is 381 g/mol. The lowest BCUT2D eigenvalue weighted by Crippen LogP contribution is -2.37. The van der Waals surface area contributed by atoms with E-state index in [9.17, 15) is 9.59 Å². The van der Waals surface area contributed by atoms with E-state index in [1.54, 1.807) is 25.1 Å². The van der Waals surface area contributed by atoms with E-state index < -0.39 is 5.97 Å². The van der Waals surface area contributed by atoms with Crippen molar-refractivity contribution in [2.24, 2.45) is 0 Å². The molecule has 0 aliphatic rings. The number of nitrogens with zero attached hydrogens (tertiary/aromatic N) is 1. The third kappa shape index (κ3) is 6.82. The molecule has 8 nitrogen and oxygen atoms in total. The SMILES string of the molecule is CCOC(=O)CN(CCOC)C(=O)/C=C/c1cc(OC)c(OC)c(OC)c1. The van der Waals surface area contributed by atoms with E-state index in [1.165, 1.54) is 39.4 Å². The van der Waals surface area contributed by atoms with E-state index in [4.69, 9.17) is 23.7 Å². The molecule has 27 heavy (non-hydrogen) atoms. The molecule has 0 unspecified atom stereocenters. The zero-order valence-electron chi connectivity index (χ0n) is 16.4. The van der Waals surface area contributed by atoms with Gasteiger partial charge >= 0.3 is 5.97 Å². The summed E-state index contributed by atoms with van der Waals surface area (Å²) in [7, 11) is 6.07. The van der Waals surface area contributed by atoms with Gasteiger partial charge in [0.2, 0.25) is 11.7 Å². The molecule has 0 spiro atoms. The zero-order valence-corrected chi connectivity index (χ0v) is 16.4. The molecule has 1 aromatic carbocycles. The molecular formula is C19H27NO7. The maximum absolute atomic E-state index is 12.5. The Labute approximate surface area is 159 Å². The summed E-state index contributed by atoms with van der Waals surface area (Å²) in [5, 5.41) is 0. The van der Waals surface area contributed by atoms with Crippen LogP contribution < -0.4 is 14.2 Å². The summed E-state index contributed by atoms with van der Waals surface area (Å²) >= 11 is 0. The van der Waals surface area contributed by atoms with Crippen molar-refractivity contribution in [3.05, 3.63) is 23.8 Å². The van der Waals surface area contributed by atoms with Gasteiger partial charge in [0.05, 0.1) is 34.5 Å². The number of methoxy groups -OCH3 is 4. The Morgan fingerprint density at radius 1 is 1.04 bits per heavy atom. The minimum atomic E-state index is -0.469. The normalized spacial score (nSPS) is 10.6. The van der Waals surface area contributed by atoms with Crippen LogP contribution in [0.25, 0.3) is 6.08 Å². The summed E-state index contributed by atoms with van der Waals surface area (Å²) in [6.45, 7) is 2.41. The van der Waals surface area contributed by atoms with Crippen LogP contribution in [0.1, 0.15) is 12.5 Å². The quantitative estimate of drug-likeness (QED) is 0.427. The molecule has 0 bridgehead atoms. The number of hydrogen-bond donors (Lipinski definition) is 0. The van der Waals surface area contributed by atoms with E-state index in [0.717, 1.165) is 0 Å². The molecule has 0 N–H and O–H groups in total. The van der Waals surface area contributed by atoms with E-state index in [2.05, 4.69) is 0 Å². The van der Waals surface area contributed by atoms with Crippen molar-refractivity contribution in [3.63, 3.8) is 0 Å². The van der Waals surface area contributed by atoms with Crippen molar-refractivity contribution in [1.29, 1.82) is 0 Å². The zero-order chi connectivity index (χ0) is 20.2. The number of carbonyl (C=O) groups excluding carboxylic acids is 2. The van der Waals surface area contributed by atoms with Gasteiger partial charge in [0.25, 0.3) is 0 Å². The second-order valence-corrected chi connectivity index (χ2v) is 5.35. The van der Waals surface area contributed by atoms with E-state index in [-0.39, 0.29) is 25.6 Å². The summed E-state index contributed by atoms with van der Waals surface area (Å²) in [5.74, 6) is 0.614. The summed E-state index contributed by atoms with van der Waals surface area (Å²) in [5.41, 5.74) is 0.681. The predicted molar refractivity (Wildman–Crippen MR) is 100 cm³/mol. The Morgan fingerprint density at radius 2 is 1.67 bits per heavy atom. The fourth-order valence-corrected chi connectivity index (χ4v) is 2.30. The van der Waals surface area contributed by atoms with Gasteiger partial charge in [-0.3, -0.25) is 9.59 Å². The van der Waals surface area contributed by atoms with E-state index in [1.807, 2.05) is 0 Å². The molecule has 0 radical (unpaired) electrons. The highest BCUT2D eigenvalue weighted by Gasteiger charge is 2.16.